The van der Waals surface area contributed by atoms with Crippen LogP contribution in [0.2, 0.25) is 0 Å². The van der Waals surface area contributed by atoms with Crippen molar-refractivity contribution in [3.8, 4) is 11.6 Å². The molecule has 2 N–H and O–H groups in total. The average molecular weight is 483 g/mol. The molecule has 2 aromatic carbocycles. The van der Waals surface area contributed by atoms with Crippen molar-refractivity contribution < 1.29 is 17.9 Å². The Kier molecular flexibility index (Phi) is 6.21. The molecule has 0 radical (unpaired) electrons. The van der Waals surface area contributed by atoms with E-state index in [0.717, 1.165) is 50.8 Å². The molecule has 0 unspecified atom stereocenters. The Morgan fingerprint density at radius 1 is 1.00 bits per heavy atom. The lowest BCUT2D eigenvalue weighted by molar-refractivity contribution is 0.271. The van der Waals surface area contributed by atoms with Gasteiger partial charge >= 0.3 is 0 Å². The Labute approximate surface area is 200 Å². The number of aromatic amines is 1. The van der Waals surface area contributed by atoms with E-state index in [2.05, 4.69) is 37.0 Å². The number of likely N-dealkylation sites (N-methyl/N-ethyl adjacent to an activating group) is 1. The summed E-state index contributed by atoms with van der Waals surface area (Å²) in [5, 5.41) is 2.91. The first-order valence-corrected chi connectivity index (χ1v) is 11.4. The normalized spacial score (nSPS) is 14.5. The third-order valence-corrected chi connectivity index (χ3v) is 6.18. The third-order valence-electron chi connectivity index (χ3n) is 6.18. The van der Waals surface area contributed by atoms with Gasteiger partial charge in [0.15, 0.2) is 23.2 Å². The molecule has 0 amide bonds. The topological polar surface area (TPSA) is 69.3 Å². The van der Waals surface area contributed by atoms with Gasteiger partial charge in [-0.3, -0.25) is 0 Å². The zero-order valence-corrected chi connectivity index (χ0v) is 19.4. The number of nitrogens with one attached hydrogen (secondary N) is 2. The van der Waals surface area contributed by atoms with E-state index in [1.807, 2.05) is 24.3 Å². The van der Waals surface area contributed by atoms with Gasteiger partial charge in [-0.05, 0) is 43.8 Å². The Hall–Kier alpha value is -3.79. The van der Waals surface area contributed by atoms with Crippen LogP contribution in [0.3, 0.4) is 0 Å². The number of rotatable bonds is 6. The van der Waals surface area contributed by atoms with E-state index >= 15 is 4.39 Å². The first-order valence-electron chi connectivity index (χ1n) is 11.4. The Morgan fingerprint density at radius 2 is 1.74 bits per heavy atom. The maximum atomic E-state index is 15.1. The average Bonchev–Trinajstić information content (AvgIpc) is 3.28. The summed E-state index contributed by atoms with van der Waals surface area (Å²) < 4.78 is 49.7. The summed E-state index contributed by atoms with van der Waals surface area (Å²) in [5.41, 5.74) is 2.31. The highest BCUT2D eigenvalue weighted by molar-refractivity contribution is 5.83. The van der Waals surface area contributed by atoms with Crippen molar-refractivity contribution in [3.05, 3.63) is 65.9 Å². The largest absolute Gasteiger partial charge is 0.433 e. The number of hydrogen-bond donors (Lipinski definition) is 2. The third kappa shape index (κ3) is 4.61. The van der Waals surface area contributed by atoms with Crippen molar-refractivity contribution in [2.24, 2.45) is 0 Å². The molecule has 10 heteroatoms. The van der Waals surface area contributed by atoms with Gasteiger partial charge in [-0.15, -0.1) is 0 Å². The summed E-state index contributed by atoms with van der Waals surface area (Å²) in [5.74, 6) is -3.57. The maximum Gasteiger partial charge on any atom is 0.261 e. The molecule has 3 heterocycles. The molecule has 35 heavy (non-hydrogen) atoms. The van der Waals surface area contributed by atoms with Crippen LogP contribution < -0.4 is 15.0 Å². The monoisotopic (exact) mass is 482 g/mol. The van der Waals surface area contributed by atoms with Crippen LogP contribution >= 0.6 is 0 Å². The van der Waals surface area contributed by atoms with Gasteiger partial charge in [0.25, 0.3) is 5.88 Å². The van der Waals surface area contributed by atoms with Crippen LogP contribution in [-0.4, -0.2) is 52.6 Å². The molecule has 1 fully saturated rings. The van der Waals surface area contributed by atoms with Gasteiger partial charge in [-0.2, -0.15) is 9.37 Å². The van der Waals surface area contributed by atoms with Gasteiger partial charge in [0.05, 0.1) is 5.52 Å². The van der Waals surface area contributed by atoms with Crippen molar-refractivity contribution in [1.82, 2.24) is 19.9 Å². The van der Waals surface area contributed by atoms with Gasteiger partial charge in [0, 0.05) is 54.7 Å². The van der Waals surface area contributed by atoms with E-state index < -0.39 is 29.1 Å². The second kappa shape index (κ2) is 9.46. The first-order chi connectivity index (χ1) is 16.9. The van der Waals surface area contributed by atoms with Crippen LogP contribution in [0.1, 0.15) is 12.6 Å². The molecule has 182 valence electrons. The van der Waals surface area contributed by atoms with Crippen LogP contribution in [0, 0.1) is 24.4 Å². The minimum atomic E-state index is -0.919. The van der Waals surface area contributed by atoms with Crippen LogP contribution in [0.25, 0.3) is 10.9 Å². The Bertz CT molecular complexity index is 1350. The minimum absolute atomic E-state index is 0.0153. The number of piperazine rings is 1. The quantitative estimate of drug-likeness (QED) is 0.386. The molecule has 0 aliphatic carbocycles. The number of nitrogens with zero attached hydrogens (tertiary/aromatic N) is 4. The summed E-state index contributed by atoms with van der Waals surface area (Å²) in [6.07, 6.45) is 1.09. The van der Waals surface area contributed by atoms with Crippen LogP contribution in [-0.2, 0) is 0 Å². The number of anilines is 3. The molecule has 1 saturated heterocycles. The van der Waals surface area contributed by atoms with E-state index in [-0.39, 0.29) is 16.7 Å². The lowest BCUT2D eigenvalue weighted by Gasteiger charge is -2.35. The molecule has 5 rings (SSSR count). The van der Waals surface area contributed by atoms with Gasteiger partial charge < -0.3 is 24.8 Å². The van der Waals surface area contributed by atoms with Crippen LogP contribution in [0.15, 0.2) is 42.7 Å². The number of hydrogen-bond acceptors (Lipinski definition) is 6. The molecular formula is C25H25F3N6O. The van der Waals surface area contributed by atoms with E-state index in [4.69, 9.17) is 4.74 Å². The predicted octanol–water partition coefficient (Wildman–Crippen LogP) is 5.36. The summed E-state index contributed by atoms with van der Waals surface area (Å²) in [4.78, 5) is 15.2. The molecule has 1 aliphatic rings. The molecule has 2 aromatic heterocycles. The Balaban J connectivity index is 1.33. The van der Waals surface area contributed by atoms with Gasteiger partial charge in [0.2, 0.25) is 5.82 Å². The highest BCUT2D eigenvalue weighted by Crippen LogP contribution is 2.34. The maximum absolute atomic E-state index is 15.1. The second-order valence-corrected chi connectivity index (χ2v) is 8.45. The van der Waals surface area contributed by atoms with Gasteiger partial charge in [0.1, 0.15) is 6.33 Å². The number of H-pyrrole nitrogens is 1. The number of aryl methyl sites for hydroxylation is 1. The fraction of sp³-hybridized carbons (Fsp3) is 0.280. The van der Waals surface area contributed by atoms with Crippen molar-refractivity contribution in [1.29, 1.82) is 0 Å². The summed E-state index contributed by atoms with van der Waals surface area (Å²) in [6.45, 7) is 8.84. The number of aromatic nitrogens is 3. The molecule has 0 bridgehead atoms. The second-order valence-electron chi connectivity index (χ2n) is 8.45. The lowest BCUT2D eigenvalue weighted by atomic mass is 10.2. The highest BCUT2D eigenvalue weighted by atomic mass is 19.1. The van der Waals surface area contributed by atoms with Crippen LogP contribution in [0.5, 0.6) is 11.6 Å². The van der Waals surface area contributed by atoms with Crippen LogP contribution in [0.4, 0.5) is 30.4 Å². The SMILES string of the molecule is CCN1CCN(c2ccc(Nc3ncnc(Oc4cc(F)c5[nH]c(C)cc5c4F)c3F)cc2)CC1. The van der Waals surface area contributed by atoms with E-state index in [1.54, 1.807) is 6.92 Å². The van der Waals surface area contributed by atoms with E-state index in [0.29, 0.717) is 11.4 Å². The fourth-order valence-electron chi connectivity index (χ4n) is 4.24. The van der Waals surface area contributed by atoms with Crippen molar-refractivity contribution in [3.63, 3.8) is 0 Å². The molecule has 0 spiro atoms. The molecule has 0 atom stereocenters. The van der Waals surface area contributed by atoms with Crippen molar-refractivity contribution >= 4 is 28.1 Å². The molecule has 7 nitrogen and oxygen atoms in total. The number of fused-ring (bicyclic) bond motifs is 1. The summed E-state index contributed by atoms with van der Waals surface area (Å²) >= 11 is 0. The molecule has 0 saturated carbocycles. The molecule has 1 aliphatic heterocycles. The van der Waals surface area contributed by atoms with Gasteiger partial charge in [-0.25, -0.2) is 13.8 Å². The highest BCUT2D eigenvalue weighted by Gasteiger charge is 2.20. The smallest absolute Gasteiger partial charge is 0.261 e. The summed E-state index contributed by atoms with van der Waals surface area (Å²) in [7, 11) is 0. The summed E-state index contributed by atoms with van der Waals surface area (Å²) in [6, 6.07) is 9.92. The van der Waals surface area contributed by atoms with E-state index in [9.17, 15) is 8.78 Å². The number of halogens is 3. The molecular weight excluding hydrogens is 457 g/mol. The first kappa shape index (κ1) is 23.0. The zero-order valence-electron chi connectivity index (χ0n) is 19.4. The predicted molar refractivity (Wildman–Crippen MR) is 129 cm³/mol. The lowest BCUT2D eigenvalue weighted by Crippen LogP contribution is -2.46. The van der Waals surface area contributed by atoms with Crippen molar-refractivity contribution in [2.75, 3.05) is 42.9 Å². The standard InChI is InChI=1S/C25H25F3N6O/c1-3-33-8-10-34(11-9-33)17-6-4-16(5-7-17)32-24-22(28)25(30-14-29-24)35-20-13-19(26)23-18(21(20)27)12-15(2)31-23/h4-7,12-14,31H,3,8-11H2,1-2H3,(H,29,30,32). The fourth-order valence-corrected chi connectivity index (χ4v) is 4.24. The minimum Gasteiger partial charge on any atom is -0.433 e. The van der Waals surface area contributed by atoms with Crippen molar-refractivity contribution in [2.45, 2.75) is 13.8 Å². The Morgan fingerprint density at radius 3 is 2.46 bits per heavy atom. The zero-order chi connectivity index (χ0) is 24.5. The molecule has 4 aromatic rings. The van der Waals surface area contributed by atoms with Gasteiger partial charge in [-0.1, -0.05) is 6.92 Å². The number of benzene rings is 2. The van der Waals surface area contributed by atoms with E-state index in [1.165, 1.54) is 6.07 Å². The number of ether oxygens (including phenoxy) is 1.